The zero-order valence-electron chi connectivity index (χ0n) is 10.0. The molecule has 1 N–H and O–H groups in total. The van der Waals surface area contributed by atoms with Crippen LogP contribution in [0.2, 0.25) is 0 Å². The molecule has 0 aliphatic heterocycles. The van der Waals surface area contributed by atoms with Crippen molar-refractivity contribution in [2.75, 3.05) is 0 Å². The predicted octanol–water partition coefficient (Wildman–Crippen LogP) is 2.72. The van der Waals surface area contributed by atoms with Crippen molar-refractivity contribution in [3.63, 3.8) is 0 Å². The summed E-state index contributed by atoms with van der Waals surface area (Å²) in [6.45, 7) is 9.00. The van der Waals surface area contributed by atoms with Crippen molar-refractivity contribution >= 4 is 5.71 Å². The fraction of sp³-hybridized carbons (Fsp3) is 0.385. The maximum absolute atomic E-state index is 8.28. The van der Waals surface area contributed by atoms with Crippen LogP contribution in [-0.2, 0) is 30.4 Å². The van der Waals surface area contributed by atoms with Crippen molar-refractivity contribution in [2.24, 2.45) is 5.16 Å². The summed E-state index contributed by atoms with van der Waals surface area (Å²) >= 11 is 0. The maximum atomic E-state index is 8.28. The third kappa shape index (κ3) is 15.6. The molecule has 0 unspecified atom stereocenters. The largest absolute Gasteiger partial charge is 0.0312 e. The molecule has 0 atom stereocenters. The number of rotatable bonds is 0. The second-order valence-corrected chi connectivity index (χ2v) is 3.19. The van der Waals surface area contributed by atoms with Crippen LogP contribution in [0.5, 0.6) is 0 Å². The van der Waals surface area contributed by atoms with Gasteiger partial charge in [0.05, 0.1) is 5.71 Å². The van der Waals surface area contributed by atoms with Crippen LogP contribution in [0.1, 0.15) is 32.1 Å². The quantitative estimate of drug-likeness (QED) is 0.280. The van der Waals surface area contributed by atoms with Crippen molar-refractivity contribution in [3.05, 3.63) is 45.4 Å². The van der Waals surface area contributed by atoms with E-state index in [0.29, 0.717) is 0 Å². The summed E-state index contributed by atoms with van der Waals surface area (Å²) in [6, 6.07) is 0. The molecule has 2 aliphatic rings. The van der Waals surface area contributed by atoms with Gasteiger partial charge in [0.25, 0.3) is 0 Å². The number of hydrogen-bond donors (Lipinski definition) is 1. The summed E-state index contributed by atoms with van der Waals surface area (Å²) in [5, 5.41) is 11.4. The van der Waals surface area contributed by atoms with Gasteiger partial charge in [-0.3, -0.25) is 0 Å². The van der Waals surface area contributed by atoms with Gasteiger partial charge in [-0.15, -0.1) is 0 Å². The molecule has 2 aliphatic carbocycles. The zero-order chi connectivity index (χ0) is 13.4. The molecule has 97 valence electrons. The molecule has 5 radical (unpaired) electrons. The molecule has 18 heavy (non-hydrogen) atoms. The van der Waals surface area contributed by atoms with E-state index in [-0.39, 0.29) is 21.1 Å². The Hall–Kier alpha value is -0.362. The summed E-state index contributed by atoms with van der Waals surface area (Å²) < 4.78 is 15.0. The molecule has 0 bridgehead atoms. The number of hydrogen-bond acceptors (Lipinski definition) is 2. The van der Waals surface area contributed by atoms with Crippen LogP contribution < -0.4 is 0 Å². The summed E-state index contributed by atoms with van der Waals surface area (Å²) in [6.07, 6.45) is 15.7. The zero-order valence-corrected chi connectivity index (χ0v) is 13.0. The van der Waals surface area contributed by atoms with E-state index in [9.17, 15) is 0 Å². The van der Waals surface area contributed by atoms with Crippen LogP contribution in [-0.4, -0.2) is 10.9 Å². The van der Waals surface area contributed by atoms with Gasteiger partial charge in [-0.05, 0) is 57.8 Å². The first-order valence-corrected chi connectivity index (χ1v) is 5.21. The Bertz CT molecular complexity index is 201. The van der Waals surface area contributed by atoms with Gasteiger partial charge < -0.3 is 5.21 Å². The molecule has 0 aromatic rings. The van der Waals surface area contributed by atoms with Crippen LogP contribution in [0.25, 0.3) is 0 Å². The van der Waals surface area contributed by atoms with E-state index < -0.39 is 0 Å². The van der Waals surface area contributed by atoms with E-state index in [1.165, 1.54) is 19.3 Å². The van der Waals surface area contributed by atoms with E-state index in [1.54, 1.807) is 0 Å². The fourth-order valence-corrected chi connectivity index (χ4v) is 1.38. The van der Waals surface area contributed by atoms with Gasteiger partial charge in [0.1, 0.15) is 0 Å². The minimum absolute atomic E-state index is 0. The van der Waals surface area contributed by atoms with Crippen molar-refractivity contribution in [2.45, 2.75) is 32.1 Å². The van der Waals surface area contributed by atoms with Gasteiger partial charge in [0.15, 0.2) is 0 Å². The first kappa shape index (κ1) is 22.8. The Morgan fingerprint density at radius 2 is 1.17 bits per heavy atom. The second kappa shape index (κ2) is 21.9. The van der Waals surface area contributed by atoms with Gasteiger partial charge in [0, 0.05) is 21.1 Å². The monoisotopic (exact) mass is 418 g/mol. The predicted molar refractivity (Wildman–Crippen MR) is 61.7 cm³/mol. The van der Waals surface area contributed by atoms with Crippen LogP contribution in [0, 0.1) is 45.4 Å². The first-order chi connectivity index (χ1) is 8.43. The molecule has 5 heteroatoms. The Morgan fingerprint density at radius 1 is 0.833 bits per heavy atom. The van der Waals surface area contributed by atoms with Crippen molar-refractivity contribution in [1.29, 1.82) is 0 Å². The molecule has 0 aromatic heterocycles. The van der Waals surface area contributed by atoms with Crippen molar-refractivity contribution in [1.82, 2.24) is 0 Å². The summed E-state index contributed by atoms with van der Waals surface area (Å²) in [4.78, 5) is 0. The Morgan fingerprint density at radius 3 is 1.39 bits per heavy atom. The van der Waals surface area contributed by atoms with E-state index >= 15 is 0 Å². The minimum Gasteiger partial charge on any atom is -0.0312 e. The van der Waals surface area contributed by atoms with E-state index in [2.05, 4.69) is 18.5 Å². The standard InChI is InChI=1S/C6H11NO.C5H5.2CO.W/c8-7-6-4-2-1-3-5-6;1-2-4-5-3-1;2*1-2;/h8H,1-5H2;1-5H;;;. The Balaban J connectivity index is -0.000000196. The van der Waals surface area contributed by atoms with Crippen LogP contribution in [0.4, 0.5) is 0 Å². The van der Waals surface area contributed by atoms with E-state index in [1.807, 2.05) is 32.1 Å². The molecule has 0 amide bonds. The van der Waals surface area contributed by atoms with Crippen LogP contribution >= 0.6 is 0 Å². The van der Waals surface area contributed by atoms with Gasteiger partial charge in [0.2, 0.25) is 0 Å². The molecule has 2 saturated carbocycles. The minimum atomic E-state index is 0. The third-order valence-electron chi connectivity index (χ3n) is 2.13. The fourth-order valence-electron chi connectivity index (χ4n) is 1.38. The van der Waals surface area contributed by atoms with E-state index in [0.717, 1.165) is 18.6 Å². The molecule has 2 rings (SSSR count). The molecule has 0 spiro atoms. The molecule has 0 saturated heterocycles. The Labute approximate surface area is 124 Å². The normalized spacial score (nSPS) is 16.1. The summed E-state index contributed by atoms with van der Waals surface area (Å²) in [5.41, 5.74) is 0.983. The average Bonchev–Trinajstić information content (AvgIpc) is 3.03. The smallest absolute Gasteiger partial charge is 0 e. The third-order valence-corrected chi connectivity index (χ3v) is 2.13. The van der Waals surface area contributed by atoms with Crippen LogP contribution in [0.3, 0.4) is 0 Å². The Kier molecular flexibility index (Phi) is 27.7. The van der Waals surface area contributed by atoms with Gasteiger partial charge >= 0.3 is 22.6 Å². The molecular weight excluding hydrogens is 402 g/mol. The molecule has 0 heterocycles. The van der Waals surface area contributed by atoms with Crippen molar-refractivity contribution < 1.29 is 35.6 Å². The van der Waals surface area contributed by atoms with E-state index in [4.69, 9.17) is 14.5 Å². The van der Waals surface area contributed by atoms with Crippen molar-refractivity contribution in [3.8, 4) is 0 Å². The average molecular weight is 418 g/mol. The number of nitrogens with zero attached hydrogens (tertiary/aromatic N) is 1. The van der Waals surface area contributed by atoms with Gasteiger partial charge in [-0.1, -0.05) is 11.6 Å². The SMILES string of the molecule is ON=C1CCCCC1.[C-]#[O+].[C-]#[O+].[CH]1[CH][CH][CH][CH]1.[W]. The first-order valence-electron chi connectivity index (χ1n) is 5.21. The van der Waals surface area contributed by atoms with Gasteiger partial charge in [-0.25, -0.2) is 0 Å². The molecule has 2 fully saturated rings. The molecule has 0 aromatic carbocycles. The van der Waals surface area contributed by atoms with Gasteiger partial charge in [-0.2, -0.15) is 0 Å². The summed E-state index contributed by atoms with van der Waals surface area (Å²) in [7, 11) is 0. The topological polar surface area (TPSA) is 72.4 Å². The number of oxime groups is 1. The molecule has 4 nitrogen and oxygen atoms in total. The summed E-state index contributed by atoms with van der Waals surface area (Å²) in [5.74, 6) is 0. The molecular formula is C13H16NO3W. The van der Waals surface area contributed by atoms with Crippen LogP contribution in [0.15, 0.2) is 5.16 Å². The second-order valence-electron chi connectivity index (χ2n) is 3.19. The maximum Gasteiger partial charge on any atom is 0 e.